The number of carbonyl (C=O) groups excluding carboxylic acids is 2. The van der Waals surface area contributed by atoms with Gasteiger partial charge in [0.1, 0.15) is 17.5 Å². The van der Waals surface area contributed by atoms with Crippen molar-refractivity contribution in [1.82, 2.24) is 9.62 Å². The molecule has 2 N–H and O–H groups in total. The number of hydrogen-bond donors (Lipinski definition) is 2. The lowest BCUT2D eigenvalue weighted by molar-refractivity contribution is -0.384. The number of carbonyl (C=O) groups is 2. The third-order valence-electron chi connectivity index (χ3n) is 5.38. The zero-order valence-electron chi connectivity index (χ0n) is 20.1. The van der Waals surface area contributed by atoms with Gasteiger partial charge in [-0.05, 0) is 42.7 Å². The molecule has 1 saturated heterocycles. The van der Waals surface area contributed by atoms with E-state index in [1.807, 2.05) is 6.26 Å². The summed E-state index contributed by atoms with van der Waals surface area (Å²) in [6, 6.07) is 5.81. The molecular formula is C22H28N4O9S2. The van der Waals surface area contributed by atoms with Crippen LogP contribution in [0.15, 0.2) is 45.9 Å². The second-order valence-corrected chi connectivity index (χ2v) is 10.8. The molecule has 3 rings (SSSR count). The minimum atomic E-state index is -3.96. The second kappa shape index (κ2) is 13.4. The normalized spacial score (nSPS) is 15.1. The Morgan fingerprint density at radius 2 is 2.03 bits per heavy atom. The molecule has 0 saturated carbocycles. The van der Waals surface area contributed by atoms with Crippen molar-refractivity contribution in [3.63, 3.8) is 0 Å². The standard InChI is InChI=1S/C22H28N4O9S2/c1-36-12-6-19(22(28)35-15-21(27)23-14-16-3-2-9-34-16)24-18-5-4-17(13-20(18)26(29)30)37(31,32)25-7-10-33-11-8-25/h2-5,9,13,19,24H,6-8,10-12,14-15H2,1H3,(H,23,27)/t19-/m1/s1. The summed E-state index contributed by atoms with van der Waals surface area (Å²) in [5.41, 5.74) is -0.552. The van der Waals surface area contributed by atoms with E-state index in [1.165, 1.54) is 34.5 Å². The van der Waals surface area contributed by atoms with Crippen LogP contribution in [0.1, 0.15) is 12.2 Å². The van der Waals surface area contributed by atoms with Gasteiger partial charge in [-0.3, -0.25) is 14.9 Å². The number of furan rings is 1. The fourth-order valence-electron chi connectivity index (χ4n) is 3.44. The van der Waals surface area contributed by atoms with E-state index in [0.717, 1.165) is 6.07 Å². The summed E-state index contributed by atoms with van der Waals surface area (Å²) in [6.45, 7) is 0.350. The fourth-order valence-corrected chi connectivity index (χ4v) is 5.34. The molecule has 1 aliphatic rings. The van der Waals surface area contributed by atoms with Crippen molar-refractivity contribution in [2.75, 3.05) is 50.2 Å². The van der Waals surface area contributed by atoms with Gasteiger partial charge in [0.2, 0.25) is 10.0 Å². The predicted molar refractivity (Wildman–Crippen MR) is 135 cm³/mol. The van der Waals surface area contributed by atoms with Gasteiger partial charge < -0.3 is 24.5 Å². The maximum atomic E-state index is 12.9. The summed E-state index contributed by atoms with van der Waals surface area (Å²) in [7, 11) is -3.96. The first kappa shape index (κ1) is 28.4. The van der Waals surface area contributed by atoms with Crippen LogP contribution in [-0.4, -0.2) is 80.5 Å². The van der Waals surface area contributed by atoms with Crippen molar-refractivity contribution >= 4 is 45.0 Å². The Kier molecular flexibility index (Phi) is 10.3. The van der Waals surface area contributed by atoms with Crippen molar-refractivity contribution in [3.05, 3.63) is 52.5 Å². The van der Waals surface area contributed by atoms with Crippen molar-refractivity contribution in [2.45, 2.75) is 23.9 Å². The maximum absolute atomic E-state index is 12.9. The van der Waals surface area contributed by atoms with E-state index < -0.39 is 45.2 Å². The third kappa shape index (κ3) is 7.92. The number of benzene rings is 1. The quantitative estimate of drug-likeness (QED) is 0.209. The molecule has 0 spiro atoms. The molecule has 1 aromatic heterocycles. The number of nitro benzene ring substituents is 1. The van der Waals surface area contributed by atoms with Crippen LogP contribution in [0.25, 0.3) is 0 Å². The first-order valence-corrected chi connectivity index (χ1v) is 14.1. The van der Waals surface area contributed by atoms with Crippen molar-refractivity contribution in [2.24, 2.45) is 0 Å². The number of rotatable bonds is 13. The van der Waals surface area contributed by atoms with E-state index in [0.29, 0.717) is 11.5 Å². The highest BCUT2D eigenvalue weighted by Crippen LogP contribution is 2.30. The molecule has 1 aromatic carbocycles. The van der Waals surface area contributed by atoms with E-state index in [9.17, 15) is 28.1 Å². The second-order valence-electron chi connectivity index (χ2n) is 7.89. The molecule has 1 atom stereocenters. The fraction of sp³-hybridized carbons (Fsp3) is 0.455. The Hall–Kier alpha value is -3.14. The Balaban J connectivity index is 1.70. The molecule has 0 aliphatic carbocycles. The number of thioether (sulfide) groups is 1. The molecule has 13 nitrogen and oxygen atoms in total. The number of amides is 1. The smallest absolute Gasteiger partial charge is 0.329 e. The summed E-state index contributed by atoms with van der Waals surface area (Å²) in [5, 5.41) is 17.1. The van der Waals surface area contributed by atoms with Crippen LogP contribution in [0, 0.1) is 10.1 Å². The average Bonchev–Trinajstić information content (AvgIpc) is 3.42. The summed E-state index contributed by atoms with van der Waals surface area (Å²) < 4.78 is 42.5. The number of nitrogens with zero attached hydrogens (tertiary/aromatic N) is 2. The van der Waals surface area contributed by atoms with Crippen LogP contribution in [0.3, 0.4) is 0 Å². The van der Waals surface area contributed by atoms with E-state index in [-0.39, 0.29) is 49.9 Å². The number of nitro groups is 1. The lowest BCUT2D eigenvalue weighted by atomic mass is 10.2. The number of nitrogens with one attached hydrogen (secondary N) is 2. The van der Waals surface area contributed by atoms with Gasteiger partial charge in [0.15, 0.2) is 6.61 Å². The molecule has 15 heteroatoms. The number of anilines is 1. The molecule has 2 aromatic rings. The summed E-state index contributed by atoms with van der Waals surface area (Å²) >= 11 is 1.45. The lowest BCUT2D eigenvalue weighted by Gasteiger charge is -2.26. The molecular weight excluding hydrogens is 528 g/mol. The summed E-state index contributed by atoms with van der Waals surface area (Å²) in [4.78, 5) is 35.6. The highest BCUT2D eigenvalue weighted by molar-refractivity contribution is 7.98. The molecule has 0 unspecified atom stereocenters. The van der Waals surface area contributed by atoms with Crippen LogP contribution in [0.4, 0.5) is 11.4 Å². The van der Waals surface area contributed by atoms with E-state index >= 15 is 0 Å². The third-order valence-corrected chi connectivity index (χ3v) is 7.92. The van der Waals surface area contributed by atoms with Gasteiger partial charge in [0, 0.05) is 19.2 Å². The Morgan fingerprint density at radius 3 is 2.68 bits per heavy atom. The molecule has 1 fully saturated rings. The minimum absolute atomic E-state index is 0.0451. The monoisotopic (exact) mass is 556 g/mol. The lowest BCUT2D eigenvalue weighted by Crippen LogP contribution is -2.40. The molecule has 1 aliphatic heterocycles. The Bertz CT molecular complexity index is 1180. The minimum Gasteiger partial charge on any atom is -0.467 e. The number of ether oxygens (including phenoxy) is 2. The molecule has 2 heterocycles. The molecule has 202 valence electrons. The number of esters is 1. The first-order chi connectivity index (χ1) is 17.7. The van der Waals surface area contributed by atoms with Crippen molar-refractivity contribution in [3.8, 4) is 0 Å². The number of hydrogen-bond acceptors (Lipinski definition) is 11. The van der Waals surface area contributed by atoms with Crippen LogP contribution in [-0.2, 0) is 35.6 Å². The maximum Gasteiger partial charge on any atom is 0.329 e. The first-order valence-electron chi connectivity index (χ1n) is 11.3. The molecule has 0 bridgehead atoms. The van der Waals surface area contributed by atoms with Crippen LogP contribution >= 0.6 is 11.8 Å². The molecule has 37 heavy (non-hydrogen) atoms. The SMILES string of the molecule is CSCC[C@@H](Nc1ccc(S(=O)(=O)N2CCOCC2)cc1[N+](=O)[O-])C(=O)OCC(=O)NCc1ccco1. The Labute approximate surface area is 218 Å². The summed E-state index contributed by atoms with van der Waals surface area (Å²) in [6.07, 6.45) is 3.55. The predicted octanol–water partition coefficient (Wildman–Crippen LogP) is 1.60. The zero-order valence-corrected chi connectivity index (χ0v) is 21.7. The van der Waals surface area contributed by atoms with Gasteiger partial charge in [0.25, 0.3) is 11.6 Å². The van der Waals surface area contributed by atoms with Crippen LogP contribution in [0.5, 0.6) is 0 Å². The van der Waals surface area contributed by atoms with E-state index in [2.05, 4.69) is 10.6 Å². The number of morpholine rings is 1. The molecule has 1 amide bonds. The van der Waals surface area contributed by atoms with Gasteiger partial charge >= 0.3 is 5.97 Å². The largest absolute Gasteiger partial charge is 0.467 e. The zero-order chi connectivity index (χ0) is 26.8. The van der Waals surface area contributed by atoms with E-state index in [4.69, 9.17) is 13.9 Å². The summed E-state index contributed by atoms with van der Waals surface area (Å²) in [5.74, 6) is -0.265. The highest BCUT2D eigenvalue weighted by Gasteiger charge is 2.30. The topological polar surface area (TPSA) is 170 Å². The van der Waals surface area contributed by atoms with Gasteiger partial charge in [-0.25, -0.2) is 13.2 Å². The van der Waals surface area contributed by atoms with Crippen LogP contribution in [0.2, 0.25) is 0 Å². The Morgan fingerprint density at radius 1 is 1.27 bits per heavy atom. The van der Waals surface area contributed by atoms with Crippen LogP contribution < -0.4 is 10.6 Å². The average molecular weight is 557 g/mol. The molecule has 0 radical (unpaired) electrons. The van der Waals surface area contributed by atoms with E-state index in [1.54, 1.807) is 12.1 Å². The van der Waals surface area contributed by atoms with Gasteiger partial charge in [-0.2, -0.15) is 16.1 Å². The highest BCUT2D eigenvalue weighted by atomic mass is 32.2. The van der Waals surface area contributed by atoms with Crippen molar-refractivity contribution in [1.29, 1.82) is 0 Å². The number of sulfonamides is 1. The van der Waals surface area contributed by atoms with Gasteiger partial charge in [-0.1, -0.05) is 0 Å². The van der Waals surface area contributed by atoms with Gasteiger partial charge in [0.05, 0.1) is 35.8 Å². The van der Waals surface area contributed by atoms with Crippen molar-refractivity contribution < 1.29 is 36.8 Å². The van der Waals surface area contributed by atoms with Gasteiger partial charge in [-0.15, -0.1) is 0 Å².